The second-order valence-corrected chi connectivity index (χ2v) is 4.42. The van der Waals surface area contributed by atoms with E-state index in [0.717, 1.165) is 18.1 Å². The summed E-state index contributed by atoms with van der Waals surface area (Å²) >= 11 is 0. The second kappa shape index (κ2) is 8.25. The molecule has 4 nitrogen and oxygen atoms in total. The van der Waals surface area contributed by atoms with E-state index in [-0.39, 0.29) is 0 Å². The van der Waals surface area contributed by atoms with E-state index in [4.69, 9.17) is 15.0 Å². The van der Waals surface area contributed by atoms with Crippen LogP contribution < -0.4 is 5.73 Å². The Kier molecular flexibility index (Phi) is 6.89. The number of hydrogen-bond donors (Lipinski definition) is 1. The van der Waals surface area contributed by atoms with Crippen molar-refractivity contribution in [3.8, 4) is 0 Å². The van der Waals surface area contributed by atoms with E-state index >= 15 is 0 Å². The average Bonchev–Trinajstić information content (AvgIpc) is 2.81. The van der Waals surface area contributed by atoms with Gasteiger partial charge in [0, 0.05) is 19.2 Å². The van der Waals surface area contributed by atoms with Crippen LogP contribution >= 0.6 is 0 Å². The van der Waals surface area contributed by atoms with Crippen LogP contribution in [0.25, 0.3) is 0 Å². The molecule has 0 radical (unpaired) electrons. The van der Waals surface area contributed by atoms with Gasteiger partial charge in [-0.25, -0.2) is 0 Å². The summed E-state index contributed by atoms with van der Waals surface area (Å²) in [4.78, 5) is 0. The summed E-state index contributed by atoms with van der Waals surface area (Å²) in [5.74, 6) is 1.42. The Balaban J connectivity index is 2.21. The number of rotatable bonds is 9. The molecule has 0 saturated heterocycles. The fourth-order valence-corrected chi connectivity index (χ4v) is 1.74. The zero-order valence-electron chi connectivity index (χ0n) is 10.9. The minimum Gasteiger partial charge on any atom is -0.373 e. The largest absolute Gasteiger partial charge is 0.373 e. The molecule has 0 spiro atoms. The van der Waals surface area contributed by atoms with Crippen LogP contribution in [0.4, 0.5) is 0 Å². The summed E-state index contributed by atoms with van der Waals surface area (Å²) < 4.78 is 10.8. The molecule has 1 heterocycles. The van der Waals surface area contributed by atoms with E-state index in [2.05, 4.69) is 19.0 Å². The van der Waals surface area contributed by atoms with Crippen molar-refractivity contribution in [1.29, 1.82) is 0 Å². The molecule has 4 heteroatoms. The topological polar surface area (TPSA) is 61.3 Å². The predicted molar refractivity (Wildman–Crippen MR) is 67.4 cm³/mol. The lowest BCUT2D eigenvalue weighted by molar-refractivity contribution is 0.0675. The smallest absolute Gasteiger partial charge is 0.162 e. The van der Waals surface area contributed by atoms with Gasteiger partial charge in [-0.3, -0.25) is 0 Å². The van der Waals surface area contributed by atoms with Crippen molar-refractivity contribution in [2.75, 3.05) is 6.61 Å². The van der Waals surface area contributed by atoms with Gasteiger partial charge in [-0.1, -0.05) is 38.3 Å². The van der Waals surface area contributed by atoms with Crippen molar-refractivity contribution in [3.05, 3.63) is 17.5 Å². The molecular formula is C13H24N2O2. The van der Waals surface area contributed by atoms with Gasteiger partial charge >= 0.3 is 0 Å². The van der Waals surface area contributed by atoms with Gasteiger partial charge in [-0.15, -0.1) is 0 Å². The SMILES string of the molecule is CCCCC(CC)COCc1cc(CN)no1. The summed E-state index contributed by atoms with van der Waals surface area (Å²) in [5, 5.41) is 3.82. The van der Waals surface area contributed by atoms with E-state index in [9.17, 15) is 0 Å². The molecule has 1 unspecified atom stereocenters. The van der Waals surface area contributed by atoms with Crippen LogP contribution in [0.15, 0.2) is 10.6 Å². The molecular weight excluding hydrogens is 216 g/mol. The molecule has 17 heavy (non-hydrogen) atoms. The minimum atomic E-state index is 0.414. The Morgan fingerprint density at radius 1 is 1.47 bits per heavy atom. The number of unbranched alkanes of at least 4 members (excludes halogenated alkanes) is 1. The molecule has 1 aromatic heterocycles. The summed E-state index contributed by atoms with van der Waals surface area (Å²) in [6.07, 6.45) is 4.95. The van der Waals surface area contributed by atoms with Crippen LogP contribution in [0.2, 0.25) is 0 Å². The third kappa shape index (κ3) is 5.33. The first-order valence-electron chi connectivity index (χ1n) is 6.52. The van der Waals surface area contributed by atoms with E-state index in [1.807, 2.05) is 6.07 Å². The molecule has 1 atom stereocenters. The quantitative estimate of drug-likeness (QED) is 0.721. The van der Waals surface area contributed by atoms with Crippen LogP contribution in [0.1, 0.15) is 51.0 Å². The lowest BCUT2D eigenvalue weighted by Crippen LogP contribution is -2.08. The van der Waals surface area contributed by atoms with E-state index in [0.29, 0.717) is 19.1 Å². The minimum absolute atomic E-state index is 0.414. The van der Waals surface area contributed by atoms with Gasteiger partial charge in [-0.05, 0) is 12.3 Å². The van der Waals surface area contributed by atoms with Crippen molar-refractivity contribution in [2.45, 2.75) is 52.7 Å². The summed E-state index contributed by atoms with van der Waals surface area (Å²) in [6, 6.07) is 1.85. The average molecular weight is 240 g/mol. The summed E-state index contributed by atoms with van der Waals surface area (Å²) in [5.41, 5.74) is 6.23. The number of aromatic nitrogens is 1. The second-order valence-electron chi connectivity index (χ2n) is 4.42. The van der Waals surface area contributed by atoms with Crippen LogP contribution in [-0.4, -0.2) is 11.8 Å². The Hall–Kier alpha value is -0.870. The van der Waals surface area contributed by atoms with Crippen molar-refractivity contribution < 1.29 is 9.26 Å². The maximum Gasteiger partial charge on any atom is 0.162 e. The van der Waals surface area contributed by atoms with E-state index in [1.165, 1.54) is 25.7 Å². The fraction of sp³-hybridized carbons (Fsp3) is 0.769. The molecule has 1 rings (SSSR count). The van der Waals surface area contributed by atoms with Crippen molar-refractivity contribution in [1.82, 2.24) is 5.16 Å². The maximum atomic E-state index is 5.65. The standard InChI is InChI=1S/C13H24N2O2/c1-3-5-6-11(4-2)9-16-10-13-7-12(8-14)15-17-13/h7,11H,3-6,8-10,14H2,1-2H3. The molecule has 2 N–H and O–H groups in total. The number of ether oxygens (including phenoxy) is 1. The number of nitrogens with zero attached hydrogens (tertiary/aromatic N) is 1. The van der Waals surface area contributed by atoms with Gasteiger partial charge < -0.3 is 15.0 Å². The first-order chi connectivity index (χ1) is 8.30. The highest BCUT2D eigenvalue weighted by molar-refractivity contribution is 5.03. The Labute approximate surface area is 103 Å². The predicted octanol–water partition coefficient (Wildman–Crippen LogP) is 2.87. The molecule has 0 fully saturated rings. The van der Waals surface area contributed by atoms with Crippen LogP contribution in [0.3, 0.4) is 0 Å². The number of nitrogens with two attached hydrogens (primary N) is 1. The molecule has 0 bridgehead atoms. The van der Waals surface area contributed by atoms with Gasteiger partial charge in [0.05, 0.1) is 5.69 Å². The van der Waals surface area contributed by atoms with Gasteiger partial charge in [0.15, 0.2) is 5.76 Å². The molecule has 0 saturated carbocycles. The first kappa shape index (κ1) is 14.2. The Bertz CT molecular complexity index is 299. The third-order valence-corrected chi connectivity index (χ3v) is 2.96. The van der Waals surface area contributed by atoms with E-state index in [1.54, 1.807) is 0 Å². The first-order valence-corrected chi connectivity index (χ1v) is 6.52. The van der Waals surface area contributed by atoms with Gasteiger partial charge in [0.25, 0.3) is 0 Å². The normalized spacial score (nSPS) is 12.9. The fourth-order valence-electron chi connectivity index (χ4n) is 1.74. The van der Waals surface area contributed by atoms with Crippen molar-refractivity contribution in [2.24, 2.45) is 11.7 Å². The van der Waals surface area contributed by atoms with Gasteiger partial charge in [0.1, 0.15) is 6.61 Å². The van der Waals surface area contributed by atoms with Crippen LogP contribution in [-0.2, 0) is 17.9 Å². The summed E-state index contributed by atoms with van der Waals surface area (Å²) in [7, 11) is 0. The lowest BCUT2D eigenvalue weighted by Gasteiger charge is -2.13. The molecule has 0 aliphatic heterocycles. The Morgan fingerprint density at radius 3 is 2.88 bits per heavy atom. The zero-order valence-corrected chi connectivity index (χ0v) is 10.9. The van der Waals surface area contributed by atoms with Gasteiger partial charge in [-0.2, -0.15) is 0 Å². The molecule has 0 aliphatic rings. The highest BCUT2D eigenvalue weighted by Gasteiger charge is 2.07. The van der Waals surface area contributed by atoms with E-state index < -0.39 is 0 Å². The molecule has 1 aromatic rings. The van der Waals surface area contributed by atoms with Crippen LogP contribution in [0.5, 0.6) is 0 Å². The summed E-state index contributed by atoms with van der Waals surface area (Å²) in [6.45, 7) is 6.14. The monoisotopic (exact) mass is 240 g/mol. The lowest BCUT2D eigenvalue weighted by atomic mass is 10.0. The van der Waals surface area contributed by atoms with Crippen LogP contribution in [0, 0.1) is 5.92 Å². The van der Waals surface area contributed by atoms with Gasteiger partial charge in [0.2, 0.25) is 0 Å². The maximum absolute atomic E-state index is 5.65. The third-order valence-electron chi connectivity index (χ3n) is 2.96. The zero-order chi connectivity index (χ0) is 12.5. The molecule has 0 aliphatic carbocycles. The molecule has 0 aromatic carbocycles. The number of hydrogen-bond acceptors (Lipinski definition) is 4. The highest BCUT2D eigenvalue weighted by atomic mass is 16.5. The van der Waals surface area contributed by atoms with Crippen molar-refractivity contribution >= 4 is 0 Å². The highest BCUT2D eigenvalue weighted by Crippen LogP contribution is 2.14. The molecule has 0 amide bonds. The molecule has 98 valence electrons. The van der Waals surface area contributed by atoms with Crippen molar-refractivity contribution in [3.63, 3.8) is 0 Å². The Morgan fingerprint density at radius 2 is 2.29 bits per heavy atom.